The zero-order chi connectivity index (χ0) is 17.9. The fraction of sp³-hybridized carbons (Fsp3) is 0.250. The van der Waals surface area contributed by atoms with Gasteiger partial charge in [0, 0.05) is 30.5 Å². The van der Waals surface area contributed by atoms with Crippen molar-refractivity contribution in [3.8, 4) is 0 Å². The number of esters is 2. The molecule has 0 bridgehead atoms. The van der Waals surface area contributed by atoms with Crippen LogP contribution in [-0.4, -0.2) is 37.0 Å². The molecule has 1 aromatic rings. The molecule has 0 fully saturated rings. The van der Waals surface area contributed by atoms with Crippen LogP contribution in [-0.2, 0) is 28.7 Å². The lowest BCUT2D eigenvalue weighted by Gasteiger charge is -2.07. The SMILES string of the molecule is CCOC(=O)/C=C/C(=O)OCC(=O)Nc1ccc(NC(C)=O)cc1. The number of carbonyl (C=O) groups excluding carboxylic acids is 4. The van der Waals surface area contributed by atoms with Crippen LogP contribution in [0.2, 0.25) is 0 Å². The summed E-state index contributed by atoms with van der Waals surface area (Å²) in [6.45, 7) is 2.72. The number of amides is 2. The van der Waals surface area contributed by atoms with Gasteiger partial charge in [-0.25, -0.2) is 9.59 Å². The standard InChI is InChI=1S/C16H18N2O6/c1-3-23-15(21)8-9-16(22)24-10-14(20)18-13-6-4-12(5-7-13)17-11(2)19/h4-9H,3,10H2,1-2H3,(H,17,19)(H,18,20)/b9-8+. The van der Waals surface area contributed by atoms with Crippen LogP contribution in [0.1, 0.15) is 13.8 Å². The molecule has 24 heavy (non-hydrogen) atoms. The van der Waals surface area contributed by atoms with Gasteiger partial charge in [0.15, 0.2) is 6.61 Å². The third-order valence-corrected chi connectivity index (χ3v) is 2.48. The molecule has 0 aromatic heterocycles. The molecule has 1 aromatic carbocycles. The molecule has 0 saturated carbocycles. The van der Waals surface area contributed by atoms with Gasteiger partial charge in [0.25, 0.3) is 5.91 Å². The van der Waals surface area contributed by atoms with Crippen LogP contribution in [0.4, 0.5) is 11.4 Å². The third kappa shape index (κ3) is 7.74. The molecule has 0 radical (unpaired) electrons. The van der Waals surface area contributed by atoms with E-state index in [-0.39, 0.29) is 12.5 Å². The van der Waals surface area contributed by atoms with Crippen LogP contribution in [0.25, 0.3) is 0 Å². The summed E-state index contributed by atoms with van der Waals surface area (Å²) in [4.78, 5) is 44.9. The Kier molecular flexibility index (Phi) is 7.69. The number of nitrogens with one attached hydrogen (secondary N) is 2. The Hall–Kier alpha value is -3.16. The summed E-state index contributed by atoms with van der Waals surface area (Å²) in [6.07, 6.45) is 1.80. The molecule has 0 heterocycles. The lowest BCUT2D eigenvalue weighted by Crippen LogP contribution is -2.20. The van der Waals surface area contributed by atoms with Crippen LogP contribution < -0.4 is 10.6 Å². The molecule has 2 amide bonds. The maximum atomic E-state index is 11.6. The van der Waals surface area contributed by atoms with E-state index >= 15 is 0 Å². The van der Waals surface area contributed by atoms with Gasteiger partial charge in [0.1, 0.15) is 0 Å². The Bertz CT molecular complexity index is 636. The van der Waals surface area contributed by atoms with E-state index in [1.165, 1.54) is 6.92 Å². The number of benzene rings is 1. The summed E-state index contributed by atoms with van der Waals surface area (Å²) < 4.78 is 9.27. The van der Waals surface area contributed by atoms with Crippen LogP contribution in [0, 0.1) is 0 Å². The molecule has 0 unspecified atom stereocenters. The molecule has 0 aliphatic heterocycles. The molecule has 0 atom stereocenters. The van der Waals surface area contributed by atoms with Crippen molar-refractivity contribution >= 4 is 35.1 Å². The molecular weight excluding hydrogens is 316 g/mol. The van der Waals surface area contributed by atoms with Crippen LogP contribution in [0.3, 0.4) is 0 Å². The minimum absolute atomic E-state index is 0.196. The van der Waals surface area contributed by atoms with E-state index in [9.17, 15) is 19.2 Å². The van der Waals surface area contributed by atoms with Crippen molar-refractivity contribution in [3.05, 3.63) is 36.4 Å². The highest BCUT2D eigenvalue weighted by molar-refractivity contribution is 5.96. The summed E-state index contributed by atoms with van der Waals surface area (Å²) >= 11 is 0. The van der Waals surface area contributed by atoms with E-state index in [2.05, 4.69) is 20.1 Å². The quantitative estimate of drug-likeness (QED) is 0.573. The molecule has 8 heteroatoms. The van der Waals surface area contributed by atoms with E-state index < -0.39 is 24.5 Å². The average Bonchev–Trinajstić information content (AvgIpc) is 2.52. The van der Waals surface area contributed by atoms with Crippen molar-refractivity contribution in [1.29, 1.82) is 0 Å². The molecule has 2 N–H and O–H groups in total. The third-order valence-electron chi connectivity index (χ3n) is 2.48. The predicted molar refractivity (Wildman–Crippen MR) is 86.1 cm³/mol. The van der Waals surface area contributed by atoms with Crippen molar-refractivity contribution in [2.24, 2.45) is 0 Å². The van der Waals surface area contributed by atoms with Gasteiger partial charge in [-0.3, -0.25) is 9.59 Å². The van der Waals surface area contributed by atoms with Crippen molar-refractivity contribution in [2.75, 3.05) is 23.8 Å². The second-order valence-corrected chi connectivity index (χ2v) is 4.50. The fourth-order valence-electron chi connectivity index (χ4n) is 1.55. The molecule has 0 aliphatic rings. The van der Waals surface area contributed by atoms with Gasteiger partial charge in [-0.1, -0.05) is 0 Å². The number of hydrogen-bond donors (Lipinski definition) is 2. The Labute approximate surface area is 138 Å². The minimum Gasteiger partial charge on any atom is -0.463 e. The zero-order valence-electron chi connectivity index (χ0n) is 13.3. The maximum Gasteiger partial charge on any atom is 0.331 e. The van der Waals surface area contributed by atoms with Crippen LogP contribution in [0.5, 0.6) is 0 Å². The smallest absolute Gasteiger partial charge is 0.331 e. The minimum atomic E-state index is -0.834. The van der Waals surface area contributed by atoms with Gasteiger partial charge in [-0.15, -0.1) is 0 Å². The van der Waals surface area contributed by atoms with Crippen molar-refractivity contribution in [2.45, 2.75) is 13.8 Å². The van der Waals surface area contributed by atoms with Crippen molar-refractivity contribution in [1.82, 2.24) is 0 Å². The molecule has 0 saturated heterocycles. The molecule has 1 rings (SSSR count). The average molecular weight is 334 g/mol. The summed E-state index contributed by atoms with van der Waals surface area (Å²) in [5, 5.41) is 5.11. The number of rotatable bonds is 7. The van der Waals surface area contributed by atoms with Gasteiger partial charge in [-0.2, -0.15) is 0 Å². The zero-order valence-corrected chi connectivity index (χ0v) is 13.3. The number of anilines is 2. The predicted octanol–water partition coefficient (Wildman–Crippen LogP) is 1.25. The molecule has 128 valence electrons. The van der Waals surface area contributed by atoms with Crippen LogP contribution >= 0.6 is 0 Å². The number of hydrogen-bond acceptors (Lipinski definition) is 6. The van der Waals surface area contributed by atoms with Gasteiger partial charge in [-0.05, 0) is 31.2 Å². The van der Waals surface area contributed by atoms with Crippen LogP contribution in [0.15, 0.2) is 36.4 Å². The molecular formula is C16H18N2O6. The van der Waals surface area contributed by atoms with Gasteiger partial charge >= 0.3 is 11.9 Å². The van der Waals surface area contributed by atoms with E-state index in [0.29, 0.717) is 11.4 Å². The Morgan fingerprint density at radius 1 is 0.917 bits per heavy atom. The fourth-order valence-corrected chi connectivity index (χ4v) is 1.55. The number of ether oxygens (including phenoxy) is 2. The maximum absolute atomic E-state index is 11.6. The molecule has 8 nitrogen and oxygen atoms in total. The van der Waals surface area contributed by atoms with Crippen molar-refractivity contribution in [3.63, 3.8) is 0 Å². The lowest BCUT2D eigenvalue weighted by molar-refractivity contribution is -0.143. The Morgan fingerprint density at radius 3 is 1.92 bits per heavy atom. The number of carbonyl (C=O) groups is 4. The van der Waals surface area contributed by atoms with Gasteiger partial charge in [0.05, 0.1) is 6.61 Å². The normalized spacial score (nSPS) is 10.1. The summed E-state index contributed by atoms with van der Waals surface area (Å²) in [5.41, 5.74) is 1.07. The monoisotopic (exact) mass is 334 g/mol. The van der Waals surface area contributed by atoms with Gasteiger partial charge in [0.2, 0.25) is 5.91 Å². The Morgan fingerprint density at radius 2 is 1.42 bits per heavy atom. The molecule has 0 spiro atoms. The summed E-state index contributed by atoms with van der Waals surface area (Å²) in [6, 6.07) is 6.41. The summed E-state index contributed by atoms with van der Waals surface area (Å²) in [7, 11) is 0. The highest BCUT2D eigenvalue weighted by Crippen LogP contribution is 2.13. The van der Waals surface area contributed by atoms with Crippen molar-refractivity contribution < 1.29 is 28.7 Å². The van der Waals surface area contributed by atoms with E-state index in [1.54, 1.807) is 31.2 Å². The first-order chi connectivity index (χ1) is 11.4. The summed E-state index contributed by atoms with van der Waals surface area (Å²) in [5.74, 6) is -2.24. The first-order valence-corrected chi connectivity index (χ1v) is 7.09. The second-order valence-electron chi connectivity index (χ2n) is 4.50. The largest absolute Gasteiger partial charge is 0.463 e. The first-order valence-electron chi connectivity index (χ1n) is 7.09. The second kappa shape index (κ2) is 9.78. The first kappa shape index (κ1) is 18.9. The van der Waals surface area contributed by atoms with E-state index in [1.807, 2.05) is 0 Å². The van der Waals surface area contributed by atoms with E-state index in [0.717, 1.165) is 12.2 Å². The highest BCUT2D eigenvalue weighted by Gasteiger charge is 2.06. The van der Waals surface area contributed by atoms with Gasteiger partial charge < -0.3 is 20.1 Å². The van der Waals surface area contributed by atoms with E-state index in [4.69, 9.17) is 0 Å². The lowest BCUT2D eigenvalue weighted by atomic mass is 10.2. The topological polar surface area (TPSA) is 111 Å². The highest BCUT2D eigenvalue weighted by atomic mass is 16.5. The Balaban J connectivity index is 2.39. The molecule has 0 aliphatic carbocycles.